The van der Waals surface area contributed by atoms with Crippen LogP contribution in [0.1, 0.15) is 79.6 Å². The molecule has 1 heteroatoms. The molecule has 0 aromatic carbocycles. The van der Waals surface area contributed by atoms with E-state index >= 15 is 0 Å². The zero-order valence-electron chi connectivity index (χ0n) is 11.5. The largest absolute Gasteiger partial charge is 0.131 e. The topological polar surface area (TPSA) is 0 Å². The lowest BCUT2D eigenvalue weighted by atomic mass is 9.65. The molecule has 0 spiro atoms. The summed E-state index contributed by atoms with van der Waals surface area (Å²) in [5.74, 6) is 0. The standard InChI is InChI=1S/C14H31P/c1-6-11-12-13(7-2,8-3)14(15,9-4)10-5/h6-12,15H2,1-5H3. The molecule has 92 valence electrons. The minimum absolute atomic E-state index is 0.464. The Morgan fingerprint density at radius 3 is 1.53 bits per heavy atom. The molecule has 0 fully saturated rings. The first-order valence-electron chi connectivity index (χ1n) is 6.84. The highest BCUT2D eigenvalue weighted by molar-refractivity contribution is 7.19. The highest BCUT2D eigenvalue weighted by atomic mass is 31.0. The second kappa shape index (κ2) is 6.89. The Bertz CT molecular complexity index is 155. The molecule has 0 aliphatic carbocycles. The Morgan fingerprint density at radius 1 is 0.800 bits per heavy atom. The highest BCUT2D eigenvalue weighted by Crippen LogP contribution is 2.52. The third kappa shape index (κ3) is 3.19. The van der Waals surface area contributed by atoms with Crippen LogP contribution < -0.4 is 0 Å². The van der Waals surface area contributed by atoms with Crippen molar-refractivity contribution >= 4 is 9.24 Å². The van der Waals surface area contributed by atoms with E-state index in [-0.39, 0.29) is 0 Å². The number of rotatable bonds is 8. The molecule has 0 aliphatic rings. The summed E-state index contributed by atoms with van der Waals surface area (Å²) in [6, 6.07) is 0. The molecule has 0 radical (unpaired) electrons. The van der Waals surface area contributed by atoms with Gasteiger partial charge in [-0.1, -0.05) is 47.5 Å². The average molecular weight is 230 g/mol. The van der Waals surface area contributed by atoms with E-state index in [1.807, 2.05) is 0 Å². The van der Waals surface area contributed by atoms with E-state index in [0.29, 0.717) is 10.6 Å². The molecule has 0 aliphatic heterocycles. The van der Waals surface area contributed by atoms with Gasteiger partial charge in [0.15, 0.2) is 0 Å². The minimum Gasteiger partial charge on any atom is -0.131 e. The van der Waals surface area contributed by atoms with Crippen LogP contribution in [-0.2, 0) is 0 Å². The van der Waals surface area contributed by atoms with Crippen LogP contribution in [0.5, 0.6) is 0 Å². The Kier molecular flexibility index (Phi) is 7.09. The predicted octanol–water partition coefficient (Wildman–Crippen LogP) is 5.42. The van der Waals surface area contributed by atoms with Gasteiger partial charge in [0.25, 0.3) is 0 Å². The van der Waals surface area contributed by atoms with Gasteiger partial charge >= 0.3 is 0 Å². The lowest BCUT2D eigenvalue weighted by molar-refractivity contribution is 0.143. The summed E-state index contributed by atoms with van der Waals surface area (Å²) >= 11 is 0. The summed E-state index contributed by atoms with van der Waals surface area (Å²) in [6.07, 6.45) is 9.36. The monoisotopic (exact) mass is 230 g/mol. The van der Waals surface area contributed by atoms with Gasteiger partial charge in [-0.2, -0.15) is 0 Å². The molecule has 0 aromatic heterocycles. The van der Waals surface area contributed by atoms with Crippen LogP contribution in [0, 0.1) is 5.41 Å². The normalized spacial score (nSPS) is 13.2. The van der Waals surface area contributed by atoms with Crippen molar-refractivity contribution in [3.8, 4) is 0 Å². The molecule has 0 rings (SSSR count). The molecule has 0 amide bonds. The Hall–Kier alpha value is 0.430. The van der Waals surface area contributed by atoms with Gasteiger partial charge in [0.1, 0.15) is 0 Å². The van der Waals surface area contributed by atoms with Crippen LogP contribution in [0.3, 0.4) is 0 Å². The molecule has 0 aromatic rings. The van der Waals surface area contributed by atoms with Crippen molar-refractivity contribution in [1.29, 1.82) is 0 Å². The van der Waals surface area contributed by atoms with Gasteiger partial charge in [0.2, 0.25) is 0 Å². The summed E-state index contributed by atoms with van der Waals surface area (Å²) in [7, 11) is 3.20. The van der Waals surface area contributed by atoms with Crippen molar-refractivity contribution in [3.05, 3.63) is 0 Å². The molecule has 0 nitrogen and oxygen atoms in total. The first-order valence-corrected chi connectivity index (χ1v) is 7.42. The molecular formula is C14H31P. The number of unbranched alkanes of at least 4 members (excludes halogenated alkanes) is 1. The van der Waals surface area contributed by atoms with Crippen molar-refractivity contribution in [2.45, 2.75) is 84.7 Å². The maximum atomic E-state index is 3.20. The van der Waals surface area contributed by atoms with Gasteiger partial charge in [-0.15, -0.1) is 9.24 Å². The zero-order chi connectivity index (χ0) is 11.9. The molecule has 0 saturated carbocycles. The fourth-order valence-corrected chi connectivity index (χ4v) is 3.62. The fraction of sp³-hybridized carbons (Fsp3) is 1.00. The van der Waals surface area contributed by atoms with E-state index < -0.39 is 0 Å². The van der Waals surface area contributed by atoms with Crippen LogP contribution >= 0.6 is 9.24 Å². The van der Waals surface area contributed by atoms with Gasteiger partial charge in [0.05, 0.1) is 0 Å². The van der Waals surface area contributed by atoms with E-state index in [1.165, 1.54) is 44.9 Å². The van der Waals surface area contributed by atoms with Crippen molar-refractivity contribution in [3.63, 3.8) is 0 Å². The SMILES string of the molecule is CCCCC(CC)(CC)C(P)(CC)CC. The second-order valence-electron chi connectivity index (χ2n) is 4.95. The molecule has 0 heterocycles. The first kappa shape index (κ1) is 15.4. The van der Waals surface area contributed by atoms with Crippen LogP contribution in [0.2, 0.25) is 0 Å². The zero-order valence-corrected chi connectivity index (χ0v) is 12.7. The quantitative estimate of drug-likeness (QED) is 0.489. The third-order valence-electron chi connectivity index (χ3n) is 4.68. The molecule has 1 unspecified atom stereocenters. The minimum atomic E-state index is 0.464. The highest BCUT2D eigenvalue weighted by Gasteiger charge is 2.42. The van der Waals surface area contributed by atoms with E-state index in [4.69, 9.17) is 0 Å². The van der Waals surface area contributed by atoms with Crippen LogP contribution in [0.4, 0.5) is 0 Å². The Morgan fingerprint density at radius 2 is 1.27 bits per heavy atom. The van der Waals surface area contributed by atoms with Gasteiger partial charge in [0, 0.05) is 0 Å². The number of hydrogen-bond donors (Lipinski definition) is 0. The summed E-state index contributed by atoms with van der Waals surface area (Å²) in [6.45, 7) is 11.8. The Balaban J connectivity index is 4.87. The van der Waals surface area contributed by atoms with Gasteiger partial charge in [-0.05, 0) is 42.7 Å². The van der Waals surface area contributed by atoms with Gasteiger partial charge in [-0.3, -0.25) is 0 Å². The van der Waals surface area contributed by atoms with Crippen molar-refractivity contribution < 1.29 is 0 Å². The maximum absolute atomic E-state index is 3.20. The van der Waals surface area contributed by atoms with E-state index in [9.17, 15) is 0 Å². The molecule has 0 saturated heterocycles. The van der Waals surface area contributed by atoms with E-state index in [0.717, 1.165) is 0 Å². The fourth-order valence-electron chi connectivity index (χ4n) is 3.07. The molecule has 1 atom stereocenters. The first-order chi connectivity index (χ1) is 7.05. The predicted molar refractivity (Wildman–Crippen MR) is 75.6 cm³/mol. The third-order valence-corrected chi connectivity index (χ3v) is 6.11. The smallest absolute Gasteiger partial charge is 0.00994 e. The molecular weight excluding hydrogens is 199 g/mol. The van der Waals surface area contributed by atoms with Crippen molar-refractivity contribution in [2.24, 2.45) is 5.41 Å². The Labute approximate surface area is 99.8 Å². The van der Waals surface area contributed by atoms with E-state index in [1.54, 1.807) is 0 Å². The lowest BCUT2D eigenvalue weighted by Gasteiger charge is -2.48. The van der Waals surface area contributed by atoms with Crippen LogP contribution in [0.15, 0.2) is 0 Å². The summed E-state index contributed by atoms with van der Waals surface area (Å²) in [5.41, 5.74) is 0.553. The van der Waals surface area contributed by atoms with Crippen LogP contribution in [0.25, 0.3) is 0 Å². The van der Waals surface area contributed by atoms with Crippen LogP contribution in [-0.4, -0.2) is 5.16 Å². The average Bonchev–Trinajstić information content (AvgIpc) is 2.30. The molecule has 15 heavy (non-hydrogen) atoms. The van der Waals surface area contributed by atoms with E-state index in [2.05, 4.69) is 43.9 Å². The van der Waals surface area contributed by atoms with Crippen molar-refractivity contribution in [2.75, 3.05) is 0 Å². The summed E-state index contributed by atoms with van der Waals surface area (Å²) in [4.78, 5) is 0. The number of hydrogen-bond acceptors (Lipinski definition) is 0. The lowest BCUT2D eigenvalue weighted by Crippen LogP contribution is -2.42. The van der Waals surface area contributed by atoms with Gasteiger partial charge in [-0.25, -0.2) is 0 Å². The summed E-state index contributed by atoms with van der Waals surface area (Å²) < 4.78 is 0. The second-order valence-corrected chi connectivity index (χ2v) is 6.06. The van der Waals surface area contributed by atoms with Crippen molar-refractivity contribution in [1.82, 2.24) is 0 Å². The van der Waals surface area contributed by atoms with Gasteiger partial charge < -0.3 is 0 Å². The molecule has 0 N–H and O–H groups in total. The maximum Gasteiger partial charge on any atom is -0.00994 e. The molecule has 0 bridgehead atoms. The summed E-state index contributed by atoms with van der Waals surface area (Å²) in [5, 5.41) is 0.464.